The summed E-state index contributed by atoms with van der Waals surface area (Å²) < 4.78 is 5.55. The first-order valence-corrected chi connectivity index (χ1v) is 9.47. The van der Waals surface area contributed by atoms with E-state index in [0.29, 0.717) is 18.3 Å². The Balaban J connectivity index is 0.00000420. The second-order valence-corrected chi connectivity index (χ2v) is 6.83. The lowest BCUT2D eigenvalue weighted by Gasteiger charge is -2.14. The number of ether oxygens (including phenoxy) is 1. The number of likely N-dealkylation sites (N-methyl/N-ethyl adjacent to an activating group) is 1. The van der Waals surface area contributed by atoms with Gasteiger partial charge in [-0.2, -0.15) is 0 Å². The van der Waals surface area contributed by atoms with Gasteiger partial charge in [0, 0.05) is 39.3 Å². The molecule has 1 amide bonds. The Kier molecular flexibility index (Phi) is 11.5. The highest BCUT2D eigenvalue weighted by molar-refractivity contribution is 14.0. The number of nitrogens with zero attached hydrogens (tertiary/aromatic N) is 2. The lowest BCUT2D eigenvalue weighted by Crippen LogP contribution is -2.37. The van der Waals surface area contributed by atoms with Crippen LogP contribution in [0.15, 0.2) is 53.5 Å². The highest BCUT2D eigenvalue weighted by atomic mass is 127. The van der Waals surface area contributed by atoms with Gasteiger partial charge >= 0.3 is 0 Å². The molecule has 2 aromatic rings. The molecule has 0 radical (unpaired) electrons. The number of nitrogens with one attached hydrogen (secondary N) is 2. The van der Waals surface area contributed by atoms with Crippen LogP contribution in [0.2, 0.25) is 5.02 Å². The van der Waals surface area contributed by atoms with Crippen molar-refractivity contribution in [1.82, 2.24) is 15.5 Å². The Labute approximate surface area is 194 Å². The molecular weight excluding hydrogens is 503 g/mol. The van der Waals surface area contributed by atoms with E-state index in [0.717, 1.165) is 29.1 Å². The smallest absolute Gasteiger partial charge is 0.259 e. The van der Waals surface area contributed by atoms with E-state index in [1.165, 1.54) is 4.90 Å². The molecule has 2 N–H and O–H groups in total. The van der Waals surface area contributed by atoms with E-state index in [1.54, 1.807) is 21.1 Å². The van der Waals surface area contributed by atoms with Crippen LogP contribution in [-0.2, 0) is 17.8 Å². The fourth-order valence-electron chi connectivity index (χ4n) is 2.44. The van der Waals surface area contributed by atoms with E-state index in [-0.39, 0.29) is 36.5 Å². The van der Waals surface area contributed by atoms with Crippen LogP contribution in [0.1, 0.15) is 11.1 Å². The molecule has 2 rings (SSSR count). The summed E-state index contributed by atoms with van der Waals surface area (Å²) in [6, 6.07) is 15.5. The predicted octanol–water partition coefficient (Wildman–Crippen LogP) is 3.33. The summed E-state index contributed by atoms with van der Waals surface area (Å²) in [6.07, 6.45) is 0.809. The molecule has 0 unspecified atom stereocenters. The number of amides is 1. The van der Waals surface area contributed by atoms with Crippen molar-refractivity contribution in [2.24, 2.45) is 4.99 Å². The first kappa shape index (κ1) is 25.0. The van der Waals surface area contributed by atoms with Gasteiger partial charge in [0.2, 0.25) is 0 Å². The van der Waals surface area contributed by atoms with E-state index >= 15 is 0 Å². The zero-order valence-electron chi connectivity index (χ0n) is 16.9. The lowest BCUT2D eigenvalue weighted by molar-refractivity contribution is -0.130. The Morgan fingerprint density at radius 1 is 1.14 bits per heavy atom. The number of aliphatic imine (C=N–C) groups is 1. The van der Waals surface area contributed by atoms with Crippen LogP contribution in [0.5, 0.6) is 5.75 Å². The van der Waals surface area contributed by atoms with Crippen LogP contribution in [0.4, 0.5) is 0 Å². The fourth-order valence-corrected chi connectivity index (χ4v) is 2.67. The van der Waals surface area contributed by atoms with E-state index in [4.69, 9.17) is 16.3 Å². The van der Waals surface area contributed by atoms with Crippen molar-refractivity contribution in [2.45, 2.75) is 13.0 Å². The summed E-state index contributed by atoms with van der Waals surface area (Å²) in [5.41, 5.74) is 2.13. The molecule has 0 atom stereocenters. The highest BCUT2D eigenvalue weighted by Gasteiger charge is 2.06. The maximum Gasteiger partial charge on any atom is 0.259 e. The zero-order chi connectivity index (χ0) is 20.4. The first-order chi connectivity index (χ1) is 13.5. The Bertz CT molecular complexity index is 815. The molecule has 6 nitrogen and oxygen atoms in total. The van der Waals surface area contributed by atoms with Gasteiger partial charge < -0.3 is 20.3 Å². The molecule has 8 heteroatoms. The molecule has 0 aromatic heterocycles. The van der Waals surface area contributed by atoms with Gasteiger partial charge in [0.15, 0.2) is 12.6 Å². The number of rotatable bonds is 8. The average molecular weight is 531 g/mol. The summed E-state index contributed by atoms with van der Waals surface area (Å²) >= 11 is 6.18. The zero-order valence-corrected chi connectivity index (χ0v) is 20.0. The Morgan fingerprint density at radius 2 is 1.90 bits per heavy atom. The van der Waals surface area contributed by atoms with Crippen LogP contribution in [0, 0.1) is 0 Å². The third-order valence-corrected chi connectivity index (χ3v) is 4.46. The third kappa shape index (κ3) is 8.91. The lowest BCUT2D eigenvalue weighted by atomic mass is 10.1. The summed E-state index contributed by atoms with van der Waals surface area (Å²) in [4.78, 5) is 17.4. The SMILES string of the molecule is CN=C(NCCc1ccccc1Cl)NCc1cccc(OCC(=O)N(C)C)c1.I. The maximum atomic E-state index is 11.6. The molecule has 0 saturated heterocycles. The molecular formula is C21H28ClIN4O2. The van der Waals surface area contributed by atoms with Crippen molar-refractivity contribution in [2.75, 3.05) is 34.3 Å². The van der Waals surface area contributed by atoms with Crippen molar-refractivity contribution in [3.8, 4) is 5.75 Å². The van der Waals surface area contributed by atoms with Gasteiger partial charge in [0.25, 0.3) is 5.91 Å². The van der Waals surface area contributed by atoms with Crippen molar-refractivity contribution in [1.29, 1.82) is 0 Å². The second kappa shape index (κ2) is 13.3. The number of carbonyl (C=O) groups is 1. The summed E-state index contributed by atoms with van der Waals surface area (Å²) in [7, 11) is 5.14. The van der Waals surface area contributed by atoms with Gasteiger partial charge in [-0.1, -0.05) is 41.9 Å². The van der Waals surface area contributed by atoms with Crippen molar-refractivity contribution >= 4 is 47.4 Å². The fraction of sp³-hybridized carbons (Fsp3) is 0.333. The molecule has 0 bridgehead atoms. The topological polar surface area (TPSA) is 66.0 Å². The van der Waals surface area contributed by atoms with Gasteiger partial charge in [-0.25, -0.2) is 0 Å². The molecule has 0 aliphatic carbocycles. The van der Waals surface area contributed by atoms with Gasteiger partial charge in [0.1, 0.15) is 5.75 Å². The van der Waals surface area contributed by atoms with Crippen molar-refractivity contribution in [3.05, 3.63) is 64.7 Å². The predicted molar refractivity (Wildman–Crippen MR) is 129 cm³/mol. The summed E-state index contributed by atoms with van der Waals surface area (Å²) in [5, 5.41) is 7.33. The molecule has 29 heavy (non-hydrogen) atoms. The molecule has 0 aliphatic rings. The average Bonchev–Trinajstić information content (AvgIpc) is 2.70. The largest absolute Gasteiger partial charge is 0.484 e. The van der Waals surface area contributed by atoms with Gasteiger partial charge in [-0.3, -0.25) is 9.79 Å². The molecule has 158 valence electrons. The molecule has 0 aliphatic heterocycles. The van der Waals surface area contributed by atoms with E-state index in [1.807, 2.05) is 48.5 Å². The number of carbonyl (C=O) groups excluding carboxylic acids is 1. The van der Waals surface area contributed by atoms with Crippen LogP contribution >= 0.6 is 35.6 Å². The standard InChI is InChI=1S/C21H27ClN4O2.HI/c1-23-21(24-12-11-17-8-4-5-10-19(17)22)25-14-16-7-6-9-18(13-16)28-15-20(27)26(2)3;/h4-10,13H,11-12,14-15H2,1-3H3,(H2,23,24,25);1H. The first-order valence-electron chi connectivity index (χ1n) is 9.09. The monoisotopic (exact) mass is 530 g/mol. The van der Waals surface area contributed by atoms with Crippen LogP contribution in [0.3, 0.4) is 0 Å². The normalized spacial score (nSPS) is 10.7. The minimum atomic E-state index is -0.0772. The van der Waals surface area contributed by atoms with Gasteiger partial charge in [-0.05, 0) is 35.7 Å². The number of hydrogen-bond acceptors (Lipinski definition) is 3. The van der Waals surface area contributed by atoms with Crippen molar-refractivity contribution in [3.63, 3.8) is 0 Å². The summed E-state index contributed by atoms with van der Waals surface area (Å²) in [5.74, 6) is 1.30. The number of guanidine groups is 1. The van der Waals surface area contributed by atoms with E-state index in [2.05, 4.69) is 15.6 Å². The minimum Gasteiger partial charge on any atom is -0.484 e. The molecule has 2 aromatic carbocycles. The number of halogens is 2. The maximum absolute atomic E-state index is 11.6. The van der Waals surface area contributed by atoms with Crippen LogP contribution < -0.4 is 15.4 Å². The quantitative estimate of drug-likeness (QED) is 0.312. The van der Waals surface area contributed by atoms with E-state index < -0.39 is 0 Å². The molecule has 0 fully saturated rings. The number of benzene rings is 2. The molecule has 0 spiro atoms. The van der Waals surface area contributed by atoms with Gasteiger partial charge in [-0.15, -0.1) is 24.0 Å². The minimum absolute atomic E-state index is 0. The third-order valence-electron chi connectivity index (χ3n) is 4.09. The second-order valence-electron chi connectivity index (χ2n) is 6.42. The van der Waals surface area contributed by atoms with Crippen LogP contribution in [0.25, 0.3) is 0 Å². The Hall–Kier alpha value is -2.00. The highest BCUT2D eigenvalue weighted by Crippen LogP contribution is 2.15. The van der Waals surface area contributed by atoms with Crippen molar-refractivity contribution < 1.29 is 9.53 Å². The summed E-state index contributed by atoms with van der Waals surface area (Å²) in [6.45, 7) is 1.33. The molecule has 0 saturated carbocycles. The Morgan fingerprint density at radius 3 is 2.59 bits per heavy atom. The van der Waals surface area contributed by atoms with Gasteiger partial charge in [0.05, 0.1) is 0 Å². The van der Waals surface area contributed by atoms with Crippen LogP contribution in [-0.4, -0.2) is 51.1 Å². The van der Waals surface area contributed by atoms with E-state index in [9.17, 15) is 4.79 Å². The molecule has 0 heterocycles. The number of hydrogen-bond donors (Lipinski definition) is 2.